The SMILES string of the molecule is CC[C@H](C)c1ccc2oc(-c3ccc(Cl)c(NC(=S)NC(=O)c4cc(I)ccc4Cl)c3)nc2c1. The molecule has 0 unspecified atom stereocenters. The number of carbonyl (C=O) groups is 1. The van der Waals surface area contributed by atoms with Gasteiger partial charge in [0.1, 0.15) is 5.52 Å². The van der Waals surface area contributed by atoms with Crippen molar-refractivity contribution in [3.63, 3.8) is 0 Å². The average molecular weight is 624 g/mol. The first-order valence-electron chi connectivity index (χ1n) is 10.5. The molecule has 0 saturated heterocycles. The molecule has 174 valence electrons. The van der Waals surface area contributed by atoms with E-state index in [9.17, 15) is 4.79 Å². The number of carbonyl (C=O) groups excluding carboxylic acids is 1. The van der Waals surface area contributed by atoms with Crippen molar-refractivity contribution in [2.45, 2.75) is 26.2 Å². The number of nitrogens with one attached hydrogen (secondary N) is 2. The molecule has 2 N–H and O–H groups in total. The van der Waals surface area contributed by atoms with Gasteiger partial charge in [-0.15, -0.1) is 0 Å². The number of aromatic nitrogens is 1. The molecule has 0 bridgehead atoms. The van der Waals surface area contributed by atoms with Gasteiger partial charge in [-0.25, -0.2) is 4.98 Å². The predicted octanol–water partition coefficient (Wildman–Crippen LogP) is 8.05. The van der Waals surface area contributed by atoms with Crippen molar-refractivity contribution in [2.24, 2.45) is 0 Å². The van der Waals surface area contributed by atoms with Gasteiger partial charge in [0.25, 0.3) is 5.91 Å². The van der Waals surface area contributed by atoms with E-state index in [1.807, 2.05) is 18.2 Å². The van der Waals surface area contributed by atoms with E-state index in [2.05, 4.69) is 64.2 Å². The molecule has 0 aliphatic carbocycles. The van der Waals surface area contributed by atoms with Crippen LogP contribution in [0.1, 0.15) is 42.1 Å². The minimum atomic E-state index is -0.413. The van der Waals surface area contributed by atoms with Gasteiger partial charge in [-0.1, -0.05) is 43.1 Å². The molecule has 0 aliphatic rings. The fourth-order valence-electron chi connectivity index (χ4n) is 3.36. The maximum atomic E-state index is 12.6. The fraction of sp³-hybridized carbons (Fsp3) is 0.160. The zero-order valence-electron chi connectivity index (χ0n) is 18.3. The lowest BCUT2D eigenvalue weighted by Crippen LogP contribution is -2.34. The van der Waals surface area contributed by atoms with Gasteiger partial charge in [0.05, 0.1) is 21.3 Å². The molecule has 4 rings (SSSR count). The van der Waals surface area contributed by atoms with E-state index in [1.165, 1.54) is 5.56 Å². The predicted molar refractivity (Wildman–Crippen MR) is 151 cm³/mol. The van der Waals surface area contributed by atoms with E-state index in [4.69, 9.17) is 39.8 Å². The summed E-state index contributed by atoms with van der Waals surface area (Å²) in [4.78, 5) is 17.3. The molecule has 1 aromatic heterocycles. The first-order valence-corrected chi connectivity index (χ1v) is 12.8. The molecule has 5 nitrogen and oxygen atoms in total. The molecule has 0 aliphatic heterocycles. The Morgan fingerprint density at radius 1 is 1.12 bits per heavy atom. The lowest BCUT2D eigenvalue weighted by Gasteiger charge is -2.12. The highest BCUT2D eigenvalue weighted by Crippen LogP contribution is 2.32. The highest BCUT2D eigenvalue weighted by Gasteiger charge is 2.15. The summed E-state index contributed by atoms with van der Waals surface area (Å²) in [5.41, 5.74) is 4.31. The molecule has 9 heteroatoms. The second-order valence-corrected chi connectivity index (χ2v) is 10.3. The van der Waals surface area contributed by atoms with Gasteiger partial charge in [-0.05, 0) is 101 Å². The molecule has 4 aromatic rings. The molecule has 1 atom stereocenters. The van der Waals surface area contributed by atoms with Crippen molar-refractivity contribution in [3.05, 3.63) is 79.3 Å². The van der Waals surface area contributed by atoms with E-state index >= 15 is 0 Å². The number of fused-ring (bicyclic) bond motifs is 1. The van der Waals surface area contributed by atoms with Gasteiger partial charge in [0.15, 0.2) is 10.7 Å². The summed E-state index contributed by atoms with van der Waals surface area (Å²) in [6.07, 6.45) is 1.05. The molecular weight excluding hydrogens is 604 g/mol. The molecule has 3 aromatic carbocycles. The topological polar surface area (TPSA) is 67.2 Å². The van der Waals surface area contributed by atoms with Gasteiger partial charge in [0, 0.05) is 9.13 Å². The molecule has 0 fully saturated rings. The smallest absolute Gasteiger partial charge is 0.258 e. The first kappa shape index (κ1) is 24.9. The summed E-state index contributed by atoms with van der Waals surface area (Å²) in [6.45, 7) is 4.35. The number of rotatable bonds is 5. The molecule has 0 saturated carbocycles. The van der Waals surface area contributed by atoms with Crippen LogP contribution in [0.25, 0.3) is 22.6 Å². The van der Waals surface area contributed by atoms with Crippen LogP contribution in [-0.4, -0.2) is 16.0 Å². The second-order valence-electron chi connectivity index (χ2n) is 7.78. The van der Waals surface area contributed by atoms with Gasteiger partial charge < -0.3 is 9.73 Å². The fourth-order valence-corrected chi connectivity index (χ4v) is 4.42. The normalized spacial score (nSPS) is 11.9. The summed E-state index contributed by atoms with van der Waals surface area (Å²) >= 11 is 20.0. The zero-order chi connectivity index (χ0) is 24.4. The third-order valence-electron chi connectivity index (χ3n) is 5.45. The molecule has 0 spiro atoms. The monoisotopic (exact) mass is 623 g/mol. The minimum Gasteiger partial charge on any atom is -0.436 e. The van der Waals surface area contributed by atoms with Crippen LogP contribution in [0.2, 0.25) is 10.0 Å². The highest BCUT2D eigenvalue weighted by atomic mass is 127. The average Bonchev–Trinajstić information content (AvgIpc) is 3.24. The van der Waals surface area contributed by atoms with Crippen LogP contribution in [-0.2, 0) is 0 Å². The standard InChI is InChI=1S/C25H20Cl2IN3O2S/c1-3-13(2)14-5-9-22-21(10-14)29-24(33-22)15-4-7-19(27)20(11-15)30-25(34)31-23(32)17-12-16(28)6-8-18(17)26/h4-13H,3H2,1-2H3,(H2,30,31,32,34)/t13-/m0/s1. The number of nitrogens with zero attached hydrogens (tertiary/aromatic N) is 1. The largest absolute Gasteiger partial charge is 0.436 e. The van der Waals surface area contributed by atoms with Gasteiger partial charge in [-0.2, -0.15) is 0 Å². The van der Waals surface area contributed by atoms with Crippen molar-refractivity contribution >= 4 is 85.8 Å². The van der Waals surface area contributed by atoms with Gasteiger partial charge >= 0.3 is 0 Å². The number of halogens is 3. The van der Waals surface area contributed by atoms with Crippen LogP contribution < -0.4 is 10.6 Å². The van der Waals surface area contributed by atoms with Crippen LogP contribution in [0.3, 0.4) is 0 Å². The number of amides is 1. The molecule has 0 radical (unpaired) electrons. The van der Waals surface area contributed by atoms with E-state index in [0.29, 0.717) is 38.7 Å². The number of oxazole rings is 1. The van der Waals surface area contributed by atoms with Crippen molar-refractivity contribution in [2.75, 3.05) is 5.32 Å². The first-order chi connectivity index (χ1) is 16.2. The highest BCUT2D eigenvalue weighted by molar-refractivity contribution is 14.1. The van der Waals surface area contributed by atoms with Crippen molar-refractivity contribution in [1.29, 1.82) is 0 Å². The Kier molecular flexibility index (Phi) is 7.77. The van der Waals surface area contributed by atoms with E-state index in [0.717, 1.165) is 21.1 Å². The Morgan fingerprint density at radius 3 is 2.65 bits per heavy atom. The summed E-state index contributed by atoms with van der Waals surface area (Å²) < 4.78 is 6.85. The summed E-state index contributed by atoms with van der Waals surface area (Å²) in [7, 11) is 0. The molecule has 1 amide bonds. The molecular formula is C25H20Cl2IN3O2S. The maximum absolute atomic E-state index is 12.6. The Balaban J connectivity index is 1.54. The third-order valence-corrected chi connectivity index (χ3v) is 6.99. The number of hydrogen-bond donors (Lipinski definition) is 2. The summed E-state index contributed by atoms with van der Waals surface area (Å²) in [5, 5.41) is 6.48. The minimum absolute atomic E-state index is 0.0924. The van der Waals surface area contributed by atoms with E-state index in [1.54, 1.807) is 24.3 Å². The van der Waals surface area contributed by atoms with Crippen LogP contribution in [0, 0.1) is 3.57 Å². The summed E-state index contributed by atoms with van der Waals surface area (Å²) in [6, 6.07) is 16.6. The second kappa shape index (κ2) is 10.6. The number of anilines is 1. The van der Waals surface area contributed by atoms with Gasteiger partial charge in [-0.3, -0.25) is 10.1 Å². The van der Waals surface area contributed by atoms with Crippen molar-refractivity contribution < 1.29 is 9.21 Å². The van der Waals surface area contributed by atoms with Crippen molar-refractivity contribution in [3.8, 4) is 11.5 Å². The molecule has 34 heavy (non-hydrogen) atoms. The quantitative estimate of drug-likeness (QED) is 0.174. The third kappa shape index (κ3) is 5.54. The van der Waals surface area contributed by atoms with Crippen LogP contribution >= 0.6 is 58.0 Å². The maximum Gasteiger partial charge on any atom is 0.258 e. The van der Waals surface area contributed by atoms with Crippen molar-refractivity contribution in [1.82, 2.24) is 10.3 Å². The van der Waals surface area contributed by atoms with E-state index < -0.39 is 5.91 Å². The number of benzene rings is 3. The van der Waals surface area contributed by atoms with Crippen LogP contribution in [0.15, 0.2) is 59.0 Å². The number of thiocarbonyl (C=S) groups is 1. The van der Waals surface area contributed by atoms with E-state index in [-0.39, 0.29) is 5.11 Å². The Labute approximate surface area is 226 Å². The van der Waals surface area contributed by atoms with Gasteiger partial charge in [0.2, 0.25) is 5.89 Å². The Bertz CT molecular complexity index is 1410. The number of hydrogen-bond acceptors (Lipinski definition) is 4. The Morgan fingerprint density at radius 2 is 1.88 bits per heavy atom. The summed E-state index contributed by atoms with van der Waals surface area (Å²) in [5.74, 6) is 0.502. The zero-order valence-corrected chi connectivity index (χ0v) is 22.8. The van der Waals surface area contributed by atoms with Crippen LogP contribution in [0.4, 0.5) is 5.69 Å². The molecule has 1 heterocycles. The Hall–Kier alpha value is -2.20. The lowest BCUT2D eigenvalue weighted by atomic mass is 9.98. The van der Waals surface area contributed by atoms with Crippen LogP contribution in [0.5, 0.6) is 0 Å². The lowest BCUT2D eigenvalue weighted by molar-refractivity contribution is 0.0978.